The number of carbonyl (C=O) groups is 1. The molecule has 0 spiro atoms. The van der Waals surface area contributed by atoms with E-state index in [-0.39, 0.29) is 0 Å². The Morgan fingerprint density at radius 3 is 2.83 bits per heavy atom. The SMILES string of the molecule is CCCCOC(=O)/C(C)=C/C#N. The van der Waals surface area contributed by atoms with Crippen LogP contribution in [0, 0.1) is 11.3 Å². The summed E-state index contributed by atoms with van der Waals surface area (Å²) in [4.78, 5) is 11.0. The van der Waals surface area contributed by atoms with Gasteiger partial charge < -0.3 is 4.74 Å². The molecular weight excluding hydrogens is 154 g/mol. The first kappa shape index (κ1) is 10.7. The summed E-state index contributed by atoms with van der Waals surface area (Å²) >= 11 is 0. The Balaban J connectivity index is 3.74. The van der Waals surface area contributed by atoms with Crippen LogP contribution in [0.15, 0.2) is 11.6 Å². The number of rotatable bonds is 4. The first-order valence-corrected chi connectivity index (χ1v) is 3.95. The van der Waals surface area contributed by atoms with E-state index in [9.17, 15) is 4.79 Å². The molecule has 0 aliphatic rings. The van der Waals surface area contributed by atoms with Crippen LogP contribution >= 0.6 is 0 Å². The number of nitriles is 1. The molecular formula is C9H13NO2. The quantitative estimate of drug-likeness (QED) is 0.277. The van der Waals surface area contributed by atoms with Gasteiger partial charge >= 0.3 is 5.97 Å². The van der Waals surface area contributed by atoms with Gasteiger partial charge in [0.15, 0.2) is 0 Å². The number of esters is 1. The van der Waals surface area contributed by atoms with Crippen molar-refractivity contribution in [2.75, 3.05) is 6.61 Å². The first-order valence-electron chi connectivity index (χ1n) is 3.95. The van der Waals surface area contributed by atoms with Crippen LogP contribution in [0.3, 0.4) is 0 Å². The van der Waals surface area contributed by atoms with Gasteiger partial charge in [-0.05, 0) is 13.3 Å². The minimum atomic E-state index is -0.398. The van der Waals surface area contributed by atoms with Crippen molar-refractivity contribution in [2.45, 2.75) is 26.7 Å². The van der Waals surface area contributed by atoms with Gasteiger partial charge in [-0.15, -0.1) is 0 Å². The van der Waals surface area contributed by atoms with Gasteiger partial charge in [-0.3, -0.25) is 0 Å². The molecule has 0 aliphatic heterocycles. The second-order valence-electron chi connectivity index (χ2n) is 2.45. The van der Waals surface area contributed by atoms with Gasteiger partial charge in [-0.1, -0.05) is 13.3 Å². The number of ether oxygens (including phenoxy) is 1. The molecule has 3 heteroatoms. The maximum Gasteiger partial charge on any atom is 0.334 e. The molecule has 0 radical (unpaired) electrons. The highest BCUT2D eigenvalue weighted by molar-refractivity contribution is 5.88. The Morgan fingerprint density at radius 2 is 2.33 bits per heavy atom. The van der Waals surface area contributed by atoms with Crippen LogP contribution in [0.4, 0.5) is 0 Å². The molecule has 0 N–H and O–H groups in total. The molecule has 0 aromatic carbocycles. The van der Waals surface area contributed by atoms with E-state index in [1.807, 2.05) is 6.92 Å². The summed E-state index contributed by atoms with van der Waals surface area (Å²) in [6, 6.07) is 1.78. The molecule has 0 saturated carbocycles. The fourth-order valence-electron chi connectivity index (χ4n) is 0.579. The predicted octanol–water partition coefficient (Wildman–Crippen LogP) is 1.80. The van der Waals surface area contributed by atoms with Crippen LogP contribution in [0.5, 0.6) is 0 Å². The molecule has 3 nitrogen and oxygen atoms in total. The lowest BCUT2D eigenvalue weighted by Gasteiger charge is -2.01. The summed E-state index contributed by atoms with van der Waals surface area (Å²) < 4.78 is 4.84. The fourth-order valence-corrected chi connectivity index (χ4v) is 0.579. The molecule has 0 amide bonds. The van der Waals surface area contributed by atoms with Gasteiger partial charge in [0.25, 0.3) is 0 Å². The minimum absolute atomic E-state index is 0.355. The molecule has 0 bridgehead atoms. The maximum absolute atomic E-state index is 11.0. The van der Waals surface area contributed by atoms with Crippen LogP contribution in [0.2, 0.25) is 0 Å². The third-order valence-electron chi connectivity index (χ3n) is 1.33. The summed E-state index contributed by atoms with van der Waals surface area (Å²) in [7, 11) is 0. The van der Waals surface area contributed by atoms with Gasteiger partial charge in [0.05, 0.1) is 12.7 Å². The second-order valence-corrected chi connectivity index (χ2v) is 2.45. The molecule has 0 heterocycles. The van der Waals surface area contributed by atoms with Crippen molar-refractivity contribution in [3.63, 3.8) is 0 Å². The van der Waals surface area contributed by atoms with Gasteiger partial charge in [-0.25, -0.2) is 4.79 Å². The number of hydrogen-bond acceptors (Lipinski definition) is 3. The van der Waals surface area contributed by atoms with Crippen molar-refractivity contribution in [1.82, 2.24) is 0 Å². The van der Waals surface area contributed by atoms with E-state index in [1.54, 1.807) is 13.0 Å². The fraction of sp³-hybridized carbons (Fsp3) is 0.556. The van der Waals surface area contributed by atoms with Gasteiger partial charge in [0.2, 0.25) is 0 Å². The van der Waals surface area contributed by atoms with Crippen molar-refractivity contribution < 1.29 is 9.53 Å². The van der Waals surface area contributed by atoms with Gasteiger partial charge in [0.1, 0.15) is 0 Å². The molecule has 12 heavy (non-hydrogen) atoms. The molecule has 0 aliphatic carbocycles. The Hall–Kier alpha value is -1.30. The van der Waals surface area contributed by atoms with E-state index in [0.29, 0.717) is 12.2 Å². The normalized spacial score (nSPS) is 10.6. The minimum Gasteiger partial charge on any atom is -0.462 e. The average Bonchev–Trinajstić information content (AvgIpc) is 2.05. The highest BCUT2D eigenvalue weighted by Gasteiger charge is 2.03. The Labute approximate surface area is 72.6 Å². The monoisotopic (exact) mass is 167 g/mol. The van der Waals surface area contributed by atoms with Crippen LogP contribution in [0.25, 0.3) is 0 Å². The summed E-state index contributed by atoms with van der Waals surface area (Å²) in [5, 5.41) is 8.22. The Morgan fingerprint density at radius 1 is 1.67 bits per heavy atom. The smallest absolute Gasteiger partial charge is 0.334 e. The van der Waals surface area contributed by atoms with E-state index >= 15 is 0 Å². The van der Waals surface area contributed by atoms with Crippen molar-refractivity contribution in [2.24, 2.45) is 0 Å². The van der Waals surface area contributed by atoms with Gasteiger partial charge in [0, 0.05) is 11.6 Å². The summed E-state index contributed by atoms with van der Waals surface area (Å²) in [5.41, 5.74) is 0.355. The lowest BCUT2D eigenvalue weighted by Crippen LogP contribution is -2.06. The van der Waals surface area contributed by atoms with E-state index in [0.717, 1.165) is 12.8 Å². The Kier molecular flexibility index (Phi) is 5.72. The van der Waals surface area contributed by atoms with Crippen LogP contribution < -0.4 is 0 Å². The molecule has 0 saturated heterocycles. The lowest BCUT2D eigenvalue weighted by molar-refractivity contribution is -0.139. The first-order chi connectivity index (χ1) is 5.72. The van der Waals surface area contributed by atoms with Crippen molar-refractivity contribution in [3.8, 4) is 6.07 Å². The largest absolute Gasteiger partial charge is 0.462 e. The Bertz CT molecular complexity index is 213. The standard InChI is InChI=1S/C9H13NO2/c1-3-4-7-12-9(11)8(2)5-6-10/h5H,3-4,7H2,1-2H3/b8-5+. The molecule has 0 unspecified atom stereocenters. The van der Waals surface area contributed by atoms with Crippen LogP contribution in [-0.2, 0) is 9.53 Å². The number of hydrogen-bond donors (Lipinski definition) is 0. The molecule has 66 valence electrons. The molecule has 0 atom stereocenters. The summed E-state index contributed by atoms with van der Waals surface area (Å²) in [5.74, 6) is -0.398. The number of unbranched alkanes of at least 4 members (excludes halogenated alkanes) is 1. The maximum atomic E-state index is 11.0. The topological polar surface area (TPSA) is 50.1 Å². The zero-order chi connectivity index (χ0) is 9.40. The summed E-state index contributed by atoms with van der Waals surface area (Å²) in [6.45, 7) is 4.02. The zero-order valence-corrected chi connectivity index (χ0v) is 7.46. The average molecular weight is 167 g/mol. The van der Waals surface area contributed by atoms with E-state index < -0.39 is 5.97 Å². The third-order valence-corrected chi connectivity index (χ3v) is 1.33. The van der Waals surface area contributed by atoms with E-state index in [4.69, 9.17) is 10.00 Å². The second kappa shape index (κ2) is 6.41. The molecule has 0 fully saturated rings. The number of nitrogens with zero attached hydrogens (tertiary/aromatic N) is 1. The number of carbonyl (C=O) groups excluding carboxylic acids is 1. The van der Waals surface area contributed by atoms with Gasteiger partial charge in [-0.2, -0.15) is 5.26 Å². The van der Waals surface area contributed by atoms with Crippen LogP contribution in [-0.4, -0.2) is 12.6 Å². The molecule has 0 rings (SSSR count). The highest BCUT2D eigenvalue weighted by Crippen LogP contribution is 1.97. The van der Waals surface area contributed by atoms with E-state index in [1.165, 1.54) is 6.08 Å². The number of allylic oxidation sites excluding steroid dienone is 1. The van der Waals surface area contributed by atoms with Crippen LogP contribution in [0.1, 0.15) is 26.7 Å². The molecule has 0 aromatic rings. The highest BCUT2D eigenvalue weighted by atomic mass is 16.5. The lowest BCUT2D eigenvalue weighted by atomic mass is 10.3. The van der Waals surface area contributed by atoms with Crippen molar-refractivity contribution in [3.05, 3.63) is 11.6 Å². The zero-order valence-electron chi connectivity index (χ0n) is 7.46. The third kappa shape index (κ3) is 4.51. The molecule has 0 aromatic heterocycles. The predicted molar refractivity (Wildman–Crippen MR) is 45.2 cm³/mol. The van der Waals surface area contributed by atoms with E-state index in [2.05, 4.69) is 0 Å². The van der Waals surface area contributed by atoms with Crippen molar-refractivity contribution >= 4 is 5.97 Å². The summed E-state index contributed by atoms with van der Waals surface area (Å²) in [6.07, 6.45) is 3.05. The van der Waals surface area contributed by atoms with Crippen molar-refractivity contribution in [1.29, 1.82) is 5.26 Å².